The molecule has 2 heterocycles. The molecule has 0 aliphatic heterocycles. The molecule has 0 bridgehead atoms. The minimum atomic E-state index is 0.566. The number of anilines is 1. The molecule has 86 valence electrons. The monoisotopic (exact) mass is 220 g/mol. The van der Waals surface area contributed by atoms with Gasteiger partial charge in [-0.25, -0.2) is 15.0 Å². The number of hydrogen-bond donors (Lipinski definition) is 2. The molecule has 2 aromatic rings. The number of hydrogen-bond acceptors (Lipinski definition) is 5. The number of nitrogens with two attached hydrogens (primary N) is 1. The smallest absolute Gasteiger partial charge is 0.165 e. The van der Waals surface area contributed by atoms with E-state index in [2.05, 4.69) is 20.3 Å². The first-order valence-electron chi connectivity index (χ1n) is 5.25. The third-order valence-corrected chi connectivity index (χ3v) is 2.49. The molecular formula is C10H16N6. The van der Waals surface area contributed by atoms with Gasteiger partial charge < -0.3 is 15.6 Å². The summed E-state index contributed by atoms with van der Waals surface area (Å²) in [5, 5.41) is 3.17. The predicted molar refractivity (Wildman–Crippen MR) is 63.3 cm³/mol. The normalized spacial score (nSPS) is 11.0. The van der Waals surface area contributed by atoms with E-state index in [4.69, 9.17) is 5.73 Å². The van der Waals surface area contributed by atoms with Gasteiger partial charge in [-0.15, -0.1) is 0 Å². The van der Waals surface area contributed by atoms with Gasteiger partial charge in [0.15, 0.2) is 17.0 Å². The molecular weight excluding hydrogens is 204 g/mol. The second-order valence-electron chi connectivity index (χ2n) is 3.73. The van der Waals surface area contributed by atoms with Crippen LogP contribution in [0.15, 0.2) is 0 Å². The van der Waals surface area contributed by atoms with Gasteiger partial charge >= 0.3 is 0 Å². The van der Waals surface area contributed by atoms with Crippen LogP contribution in [0.1, 0.15) is 11.6 Å². The van der Waals surface area contributed by atoms with E-state index in [1.807, 2.05) is 25.5 Å². The Bertz CT molecular complexity index is 515. The Kier molecular flexibility index (Phi) is 2.74. The molecule has 16 heavy (non-hydrogen) atoms. The molecule has 2 aromatic heterocycles. The van der Waals surface area contributed by atoms with E-state index in [-0.39, 0.29) is 0 Å². The number of nitrogens with zero attached hydrogens (tertiary/aromatic N) is 4. The number of aromatic nitrogens is 4. The average Bonchev–Trinajstić information content (AvgIpc) is 2.53. The van der Waals surface area contributed by atoms with Crippen molar-refractivity contribution in [3.8, 4) is 0 Å². The summed E-state index contributed by atoms with van der Waals surface area (Å²) in [6.45, 7) is 5.07. The fourth-order valence-electron chi connectivity index (χ4n) is 1.59. The maximum absolute atomic E-state index is 5.46. The Morgan fingerprint density at radius 3 is 2.69 bits per heavy atom. The van der Waals surface area contributed by atoms with Crippen LogP contribution in [-0.4, -0.2) is 32.6 Å². The van der Waals surface area contributed by atoms with Gasteiger partial charge in [-0.3, -0.25) is 0 Å². The molecule has 0 aromatic carbocycles. The highest BCUT2D eigenvalue weighted by Crippen LogP contribution is 2.19. The van der Waals surface area contributed by atoms with E-state index < -0.39 is 0 Å². The van der Waals surface area contributed by atoms with Crippen molar-refractivity contribution >= 4 is 17.0 Å². The van der Waals surface area contributed by atoms with E-state index in [1.54, 1.807) is 0 Å². The minimum Gasteiger partial charge on any atom is -0.367 e. The van der Waals surface area contributed by atoms with Crippen LogP contribution in [0.4, 0.5) is 5.82 Å². The largest absolute Gasteiger partial charge is 0.367 e. The number of rotatable bonds is 3. The first kappa shape index (κ1) is 10.8. The molecule has 3 N–H and O–H groups in total. The van der Waals surface area contributed by atoms with Crippen molar-refractivity contribution in [2.45, 2.75) is 13.8 Å². The molecule has 0 radical (unpaired) electrons. The molecule has 0 saturated heterocycles. The summed E-state index contributed by atoms with van der Waals surface area (Å²) in [5.74, 6) is 2.41. The van der Waals surface area contributed by atoms with Gasteiger partial charge in [0.1, 0.15) is 11.6 Å². The molecule has 0 amide bonds. The zero-order valence-electron chi connectivity index (χ0n) is 9.78. The van der Waals surface area contributed by atoms with E-state index in [9.17, 15) is 0 Å². The number of nitrogens with one attached hydrogen (secondary N) is 1. The Morgan fingerprint density at radius 2 is 2.00 bits per heavy atom. The molecule has 6 nitrogen and oxygen atoms in total. The van der Waals surface area contributed by atoms with Crippen molar-refractivity contribution in [2.75, 3.05) is 18.4 Å². The highest BCUT2D eigenvalue weighted by atomic mass is 15.2. The maximum Gasteiger partial charge on any atom is 0.165 e. The van der Waals surface area contributed by atoms with Crippen LogP contribution < -0.4 is 11.1 Å². The lowest BCUT2D eigenvalue weighted by atomic mass is 10.4. The highest BCUT2D eigenvalue weighted by Gasteiger charge is 2.11. The highest BCUT2D eigenvalue weighted by molar-refractivity contribution is 5.83. The zero-order chi connectivity index (χ0) is 11.7. The Balaban J connectivity index is 2.58. The molecule has 6 heteroatoms. The van der Waals surface area contributed by atoms with Crippen LogP contribution in [-0.2, 0) is 7.05 Å². The molecule has 0 atom stereocenters. The van der Waals surface area contributed by atoms with Crippen molar-refractivity contribution in [1.29, 1.82) is 0 Å². The minimum absolute atomic E-state index is 0.566. The molecule has 0 spiro atoms. The summed E-state index contributed by atoms with van der Waals surface area (Å²) in [5.41, 5.74) is 7.12. The SMILES string of the molecule is Cc1nc(NCCN)c2nc(C)n(C)c2n1. The summed E-state index contributed by atoms with van der Waals surface area (Å²) in [6.07, 6.45) is 0. The molecule has 2 rings (SSSR count). The van der Waals surface area contributed by atoms with Gasteiger partial charge in [0.05, 0.1) is 0 Å². The van der Waals surface area contributed by atoms with Crippen molar-refractivity contribution in [2.24, 2.45) is 12.8 Å². The van der Waals surface area contributed by atoms with Crippen molar-refractivity contribution < 1.29 is 0 Å². The van der Waals surface area contributed by atoms with Gasteiger partial charge in [0, 0.05) is 20.1 Å². The summed E-state index contributed by atoms with van der Waals surface area (Å²) in [4.78, 5) is 13.2. The molecule has 0 unspecified atom stereocenters. The van der Waals surface area contributed by atoms with E-state index in [1.165, 1.54) is 0 Å². The van der Waals surface area contributed by atoms with E-state index in [0.717, 1.165) is 28.6 Å². The number of imidazole rings is 1. The van der Waals surface area contributed by atoms with E-state index in [0.29, 0.717) is 13.1 Å². The van der Waals surface area contributed by atoms with E-state index >= 15 is 0 Å². The van der Waals surface area contributed by atoms with Gasteiger partial charge in [-0.05, 0) is 13.8 Å². The van der Waals surface area contributed by atoms with Gasteiger partial charge in [-0.2, -0.15) is 0 Å². The summed E-state index contributed by atoms with van der Waals surface area (Å²) >= 11 is 0. The van der Waals surface area contributed by atoms with Crippen LogP contribution in [0.25, 0.3) is 11.2 Å². The lowest BCUT2D eigenvalue weighted by Crippen LogP contribution is -2.14. The fraction of sp³-hybridized carbons (Fsp3) is 0.500. The standard InChI is InChI=1S/C10H16N6/c1-6-13-9(12-5-4-11)8-10(14-6)16(3)7(2)15-8/h4-5,11H2,1-3H3,(H,12,13,14). The second-order valence-corrected chi connectivity index (χ2v) is 3.73. The number of fused-ring (bicyclic) bond motifs is 1. The third kappa shape index (κ3) is 1.71. The maximum atomic E-state index is 5.46. The van der Waals surface area contributed by atoms with Crippen molar-refractivity contribution in [3.63, 3.8) is 0 Å². The summed E-state index contributed by atoms with van der Waals surface area (Å²) < 4.78 is 1.96. The summed E-state index contributed by atoms with van der Waals surface area (Å²) in [6, 6.07) is 0. The fourth-order valence-corrected chi connectivity index (χ4v) is 1.59. The lowest BCUT2D eigenvalue weighted by molar-refractivity contribution is 0.868. The lowest BCUT2D eigenvalue weighted by Gasteiger charge is -2.05. The van der Waals surface area contributed by atoms with Crippen LogP contribution in [0.5, 0.6) is 0 Å². The van der Waals surface area contributed by atoms with Gasteiger partial charge in [-0.1, -0.05) is 0 Å². The van der Waals surface area contributed by atoms with Crippen LogP contribution in [0.3, 0.4) is 0 Å². The van der Waals surface area contributed by atoms with Crippen LogP contribution in [0, 0.1) is 13.8 Å². The average molecular weight is 220 g/mol. The van der Waals surface area contributed by atoms with Crippen LogP contribution in [0.2, 0.25) is 0 Å². The van der Waals surface area contributed by atoms with Crippen molar-refractivity contribution in [1.82, 2.24) is 19.5 Å². The van der Waals surface area contributed by atoms with Gasteiger partial charge in [0.2, 0.25) is 0 Å². The Morgan fingerprint density at radius 1 is 1.25 bits per heavy atom. The van der Waals surface area contributed by atoms with Crippen LogP contribution >= 0.6 is 0 Å². The zero-order valence-corrected chi connectivity index (χ0v) is 9.78. The molecule has 0 fully saturated rings. The quantitative estimate of drug-likeness (QED) is 0.780. The second kappa shape index (κ2) is 4.05. The molecule has 0 saturated carbocycles. The Labute approximate surface area is 93.9 Å². The molecule has 0 aliphatic carbocycles. The molecule has 0 aliphatic rings. The Hall–Kier alpha value is -1.69. The first-order valence-corrected chi connectivity index (χ1v) is 5.25. The first-order chi connectivity index (χ1) is 7.63. The predicted octanol–water partition coefficient (Wildman–Crippen LogP) is 0.351. The number of aryl methyl sites for hydroxylation is 3. The third-order valence-electron chi connectivity index (χ3n) is 2.49. The topological polar surface area (TPSA) is 81.6 Å². The van der Waals surface area contributed by atoms with Gasteiger partial charge in [0.25, 0.3) is 0 Å². The summed E-state index contributed by atoms with van der Waals surface area (Å²) in [7, 11) is 1.95. The van der Waals surface area contributed by atoms with Crippen molar-refractivity contribution in [3.05, 3.63) is 11.6 Å².